The van der Waals surface area contributed by atoms with E-state index in [4.69, 9.17) is 4.74 Å². The van der Waals surface area contributed by atoms with Crippen molar-refractivity contribution >= 4 is 33.4 Å². The monoisotopic (exact) mass is 452 g/mol. The number of ether oxygens (including phenoxy) is 1. The third kappa shape index (κ3) is 6.47. The minimum Gasteiger partial charge on any atom is -0.484 e. The third-order valence-corrected chi connectivity index (χ3v) is 4.70. The summed E-state index contributed by atoms with van der Waals surface area (Å²) < 4.78 is 6.41. The van der Waals surface area contributed by atoms with Crippen LogP contribution in [0, 0.1) is 0 Å². The molecule has 3 aromatic rings. The molecule has 0 heterocycles. The summed E-state index contributed by atoms with van der Waals surface area (Å²) in [5, 5.41) is 5.65. The molecular formula is C23H21BrN2O3. The molecule has 0 bridgehead atoms. The van der Waals surface area contributed by atoms with Crippen LogP contribution in [0.4, 0.5) is 5.69 Å². The van der Waals surface area contributed by atoms with E-state index in [9.17, 15) is 9.59 Å². The average Bonchev–Trinajstić information content (AvgIpc) is 2.74. The van der Waals surface area contributed by atoms with Crippen molar-refractivity contribution in [1.29, 1.82) is 0 Å². The zero-order valence-corrected chi connectivity index (χ0v) is 17.3. The molecule has 0 saturated heterocycles. The molecule has 29 heavy (non-hydrogen) atoms. The van der Waals surface area contributed by atoms with Crippen molar-refractivity contribution < 1.29 is 14.3 Å². The minimum atomic E-state index is -0.336. The van der Waals surface area contributed by atoms with Crippen LogP contribution in [0.3, 0.4) is 0 Å². The van der Waals surface area contributed by atoms with E-state index in [2.05, 4.69) is 26.6 Å². The van der Waals surface area contributed by atoms with Crippen molar-refractivity contribution in [3.8, 4) is 5.75 Å². The van der Waals surface area contributed by atoms with Crippen LogP contribution >= 0.6 is 15.9 Å². The molecule has 2 amide bonds. The number of carbonyl (C=O) groups is 2. The van der Waals surface area contributed by atoms with E-state index in [1.807, 2.05) is 42.5 Å². The number of anilines is 1. The SMILES string of the molecule is O=C(COc1ccc(Br)cc1)Nc1ccccc1C(=O)NCCc1ccccc1. The molecule has 3 aromatic carbocycles. The first-order valence-electron chi connectivity index (χ1n) is 9.21. The van der Waals surface area contributed by atoms with E-state index in [-0.39, 0.29) is 18.4 Å². The number of rotatable bonds is 8. The highest BCUT2D eigenvalue weighted by Gasteiger charge is 2.13. The van der Waals surface area contributed by atoms with Gasteiger partial charge in [0.05, 0.1) is 11.3 Å². The number of hydrogen-bond donors (Lipinski definition) is 2. The summed E-state index contributed by atoms with van der Waals surface area (Å²) in [5.74, 6) is 0.0263. The predicted molar refractivity (Wildman–Crippen MR) is 117 cm³/mol. The Bertz CT molecular complexity index is 959. The number of para-hydroxylation sites is 1. The zero-order chi connectivity index (χ0) is 20.5. The molecule has 0 atom stereocenters. The van der Waals surface area contributed by atoms with Gasteiger partial charge in [-0.2, -0.15) is 0 Å². The molecule has 6 heteroatoms. The van der Waals surface area contributed by atoms with Gasteiger partial charge in [-0.15, -0.1) is 0 Å². The lowest BCUT2D eigenvalue weighted by Gasteiger charge is -2.12. The van der Waals surface area contributed by atoms with E-state index < -0.39 is 0 Å². The van der Waals surface area contributed by atoms with Crippen molar-refractivity contribution in [2.45, 2.75) is 6.42 Å². The van der Waals surface area contributed by atoms with Gasteiger partial charge in [-0.25, -0.2) is 0 Å². The number of hydrogen-bond acceptors (Lipinski definition) is 3. The Morgan fingerprint density at radius 3 is 2.31 bits per heavy atom. The van der Waals surface area contributed by atoms with E-state index in [1.165, 1.54) is 0 Å². The Morgan fingerprint density at radius 1 is 0.862 bits per heavy atom. The largest absolute Gasteiger partial charge is 0.484 e. The van der Waals surface area contributed by atoms with Crippen molar-refractivity contribution in [1.82, 2.24) is 5.32 Å². The second kappa shape index (κ2) is 10.4. The predicted octanol–water partition coefficient (Wildman–Crippen LogP) is 4.44. The fraction of sp³-hybridized carbons (Fsp3) is 0.130. The fourth-order valence-corrected chi connectivity index (χ4v) is 2.98. The van der Waals surface area contributed by atoms with Crippen molar-refractivity contribution in [3.63, 3.8) is 0 Å². The molecule has 2 N–H and O–H groups in total. The number of amides is 2. The maximum atomic E-state index is 12.6. The van der Waals surface area contributed by atoms with Gasteiger partial charge in [0, 0.05) is 11.0 Å². The minimum absolute atomic E-state index is 0.147. The summed E-state index contributed by atoms with van der Waals surface area (Å²) >= 11 is 3.35. The van der Waals surface area contributed by atoms with Crippen LogP contribution in [-0.2, 0) is 11.2 Å². The van der Waals surface area contributed by atoms with Gasteiger partial charge in [0.1, 0.15) is 5.75 Å². The lowest BCUT2D eigenvalue weighted by Crippen LogP contribution is -2.28. The normalized spacial score (nSPS) is 10.2. The average molecular weight is 453 g/mol. The summed E-state index contributed by atoms with van der Waals surface area (Å²) in [6, 6.07) is 24.1. The first-order valence-corrected chi connectivity index (χ1v) is 10.0. The summed E-state index contributed by atoms with van der Waals surface area (Å²) in [6.45, 7) is 0.364. The van der Waals surface area contributed by atoms with E-state index in [0.717, 1.165) is 16.5 Å². The molecule has 5 nitrogen and oxygen atoms in total. The van der Waals surface area contributed by atoms with Gasteiger partial charge in [-0.1, -0.05) is 58.4 Å². The molecule has 0 radical (unpaired) electrons. The van der Waals surface area contributed by atoms with Crippen LogP contribution < -0.4 is 15.4 Å². The van der Waals surface area contributed by atoms with Crippen LogP contribution in [0.15, 0.2) is 83.3 Å². The number of carbonyl (C=O) groups excluding carboxylic acids is 2. The molecule has 0 spiro atoms. The highest BCUT2D eigenvalue weighted by molar-refractivity contribution is 9.10. The molecular weight excluding hydrogens is 432 g/mol. The summed E-state index contributed by atoms with van der Waals surface area (Å²) in [5.41, 5.74) is 2.02. The molecule has 0 unspecified atom stereocenters. The van der Waals surface area contributed by atoms with E-state index in [1.54, 1.807) is 36.4 Å². The van der Waals surface area contributed by atoms with Gasteiger partial charge in [0.2, 0.25) is 0 Å². The fourth-order valence-electron chi connectivity index (χ4n) is 2.72. The second-order valence-electron chi connectivity index (χ2n) is 6.33. The summed E-state index contributed by atoms with van der Waals surface area (Å²) in [7, 11) is 0. The van der Waals surface area contributed by atoms with E-state index in [0.29, 0.717) is 23.5 Å². The lowest BCUT2D eigenvalue weighted by molar-refractivity contribution is -0.118. The molecule has 3 rings (SSSR count). The van der Waals surface area contributed by atoms with Gasteiger partial charge < -0.3 is 15.4 Å². The van der Waals surface area contributed by atoms with Crippen molar-refractivity contribution in [2.75, 3.05) is 18.5 Å². The molecule has 0 saturated carbocycles. The number of halogens is 1. The third-order valence-electron chi connectivity index (χ3n) is 4.17. The molecule has 0 fully saturated rings. The number of benzene rings is 3. The van der Waals surface area contributed by atoms with E-state index >= 15 is 0 Å². The summed E-state index contributed by atoms with van der Waals surface area (Å²) in [4.78, 5) is 24.8. The standard InChI is InChI=1S/C23H21BrN2O3/c24-18-10-12-19(13-11-18)29-16-22(27)26-21-9-5-4-8-20(21)23(28)25-15-14-17-6-2-1-3-7-17/h1-13H,14-16H2,(H,25,28)(H,26,27). The first kappa shape index (κ1) is 20.6. The van der Waals surface area contributed by atoms with Crippen LogP contribution in [0.5, 0.6) is 5.75 Å². The smallest absolute Gasteiger partial charge is 0.262 e. The quantitative estimate of drug-likeness (QED) is 0.530. The molecule has 0 aliphatic rings. The molecule has 148 valence electrons. The molecule has 0 aliphatic heterocycles. The van der Waals surface area contributed by atoms with Crippen LogP contribution in [0.1, 0.15) is 15.9 Å². The van der Waals surface area contributed by atoms with Crippen molar-refractivity contribution in [3.05, 3.63) is 94.5 Å². The molecule has 0 aromatic heterocycles. The molecule has 0 aliphatic carbocycles. The van der Waals surface area contributed by atoms with Gasteiger partial charge >= 0.3 is 0 Å². The van der Waals surface area contributed by atoms with Gasteiger partial charge in [0.15, 0.2) is 6.61 Å². The van der Waals surface area contributed by atoms with Crippen LogP contribution in [-0.4, -0.2) is 25.0 Å². The van der Waals surface area contributed by atoms with Crippen molar-refractivity contribution in [2.24, 2.45) is 0 Å². The number of nitrogens with one attached hydrogen (secondary N) is 2. The Kier molecular flexibility index (Phi) is 7.41. The lowest BCUT2D eigenvalue weighted by atomic mass is 10.1. The highest BCUT2D eigenvalue weighted by atomic mass is 79.9. The maximum Gasteiger partial charge on any atom is 0.262 e. The van der Waals surface area contributed by atoms with Gasteiger partial charge in [0.25, 0.3) is 11.8 Å². The summed E-state index contributed by atoms with van der Waals surface area (Å²) in [6.07, 6.45) is 0.738. The Balaban J connectivity index is 1.54. The van der Waals surface area contributed by atoms with Crippen LogP contribution in [0.25, 0.3) is 0 Å². The first-order chi connectivity index (χ1) is 14.1. The topological polar surface area (TPSA) is 67.4 Å². The maximum absolute atomic E-state index is 12.6. The Labute approximate surface area is 178 Å². The highest BCUT2D eigenvalue weighted by Crippen LogP contribution is 2.17. The Hall–Kier alpha value is -3.12. The van der Waals surface area contributed by atoms with Gasteiger partial charge in [-0.3, -0.25) is 9.59 Å². The second-order valence-corrected chi connectivity index (χ2v) is 7.24. The zero-order valence-electron chi connectivity index (χ0n) is 15.7. The van der Waals surface area contributed by atoms with Crippen LogP contribution in [0.2, 0.25) is 0 Å². The Morgan fingerprint density at radius 2 is 1.55 bits per heavy atom. The van der Waals surface area contributed by atoms with Gasteiger partial charge in [-0.05, 0) is 48.4 Å².